The Morgan fingerprint density at radius 3 is 2.79 bits per heavy atom. The van der Waals surface area contributed by atoms with E-state index < -0.39 is 0 Å². The number of hydrogen-bond donors (Lipinski definition) is 4. The highest BCUT2D eigenvalue weighted by Gasteiger charge is 2.15. The third kappa shape index (κ3) is 6.97. The zero-order chi connectivity index (χ0) is 13.9. The number of carbonyl (C=O) groups excluding carboxylic acids is 1. The second kappa shape index (κ2) is 9.57. The first-order valence-electron chi connectivity index (χ1n) is 6.79. The number of ether oxygens (including phenoxy) is 1. The lowest BCUT2D eigenvalue weighted by molar-refractivity contribution is -0.121. The molecule has 1 amide bonds. The van der Waals surface area contributed by atoms with Crippen molar-refractivity contribution in [2.24, 2.45) is 10.8 Å². The zero-order valence-corrected chi connectivity index (χ0v) is 11.6. The summed E-state index contributed by atoms with van der Waals surface area (Å²) in [5.41, 5.74) is 2.54. The van der Waals surface area contributed by atoms with Crippen molar-refractivity contribution in [3.63, 3.8) is 0 Å². The number of carbonyl (C=O) groups is 1. The number of amides is 1. The molecule has 1 aliphatic rings. The Hall–Kier alpha value is -1.34. The first-order valence-corrected chi connectivity index (χ1v) is 6.79. The van der Waals surface area contributed by atoms with Gasteiger partial charge in [0.25, 0.3) is 0 Å². The highest BCUT2D eigenvalue weighted by molar-refractivity contribution is 5.80. The number of aliphatic imine (C=N–C) groups is 1. The molecule has 1 fully saturated rings. The van der Waals surface area contributed by atoms with Gasteiger partial charge in [0.15, 0.2) is 0 Å². The maximum absolute atomic E-state index is 11.4. The van der Waals surface area contributed by atoms with Crippen molar-refractivity contribution in [2.75, 3.05) is 26.8 Å². The summed E-state index contributed by atoms with van der Waals surface area (Å²) in [4.78, 5) is 15.7. The van der Waals surface area contributed by atoms with Gasteiger partial charge in [0.1, 0.15) is 0 Å². The molecule has 0 atom stereocenters. The van der Waals surface area contributed by atoms with Crippen LogP contribution in [0.15, 0.2) is 4.99 Å². The lowest BCUT2D eigenvalue weighted by Gasteiger charge is -2.14. The number of guanidine groups is 1. The van der Waals surface area contributed by atoms with Gasteiger partial charge in [-0.2, -0.15) is 0 Å². The molecule has 0 aromatic heterocycles. The van der Waals surface area contributed by atoms with E-state index in [1.807, 2.05) is 0 Å². The van der Waals surface area contributed by atoms with Gasteiger partial charge in [0, 0.05) is 26.1 Å². The summed E-state index contributed by atoms with van der Waals surface area (Å²) in [5.74, 6) is 5.94. The molecule has 0 radical (unpaired) electrons. The van der Waals surface area contributed by atoms with Gasteiger partial charge in [-0.3, -0.25) is 15.2 Å². The molecule has 0 aromatic carbocycles. The van der Waals surface area contributed by atoms with Gasteiger partial charge in [0.2, 0.25) is 11.9 Å². The van der Waals surface area contributed by atoms with E-state index in [2.05, 4.69) is 21.1 Å². The van der Waals surface area contributed by atoms with Gasteiger partial charge in [-0.15, -0.1) is 0 Å². The SMILES string of the molecule is COCCNC(=O)CCN=C(NN)NC1CCCC1. The van der Waals surface area contributed by atoms with E-state index in [0.717, 1.165) is 12.8 Å². The largest absolute Gasteiger partial charge is 0.383 e. The Morgan fingerprint density at radius 2 is 2.16 bits per heavy atom. The molecule has 0 aromatic rings. The van der Waals surface area contributed by atoms with Crippen LogP contribution in [0, 0.1) is 0 Å². The van der Waals surface area contributed by atoms with Crippen LogP contribution in [0.4, 0.5) is 0 Å². The van der Waals surface area contributed by atoms with Gasteiger partial charge in [-0.25, -0.2) is 5.84 Å². The Bertz CT molecular complexity index is 290. The monoisotopic (exact) mass is 271 g/mol. The lowest BCUT2D eigenvalue weighted by atomic mass is 10.2. The van der Waals surface area contributed by atoms with Crippen LogP contribution in [0.3, 0.4) is 0 Å². The normalized spacial score (nSPS) is 16.4. The fourth-order valence-corrected chi connectivity index (χ4v) is 2.05. The van der Waals surface area contributed by atoms with E-state index in [4.69, 9.17) is 10.6 Å². The van der Waals surface area contributed by atoms with E-state index in [-0.39, 0.29) is 5.91 Å². The Morgan fingerprint density at radius 1 is 1.42 bits per heavy atom. The lowest BCUT2D eigenvalue weighted by Crippen LogP contribution is -2.45. The van der Waals surface area contributed by atoms with Crippen LogP contribution in [-0.4, -0.2) is 44.7 Å². The van der Waals surface area contributed by atoms with Crippen molar-refractivity contribution in [3.8, 4) is 0 Å². The molecule has 0 heterocycles. The molecule has 0 aliphatic heterocycles. The summed E-state index contributed by atoms with van der Waals surface area (Å²) >= 11 is 0. The van der Waals surface area contributed by atoms with Gasteiger partial charge in [0.05, 0.1) is 13.2 Å². The van der Waals surface area contributed by atoms with Crippen LogP contribution < -0.4 is 21.9 Å². The molecule has 1 rings (SSSR count). The van der Waals surface area contributed by atoms with Crippen molar-refractivity contribution < 1.29 is 9.53 Å². The van der Waals surface area contributed by atoms with Gasteiger partial charge in [-0.1, -0.05) is 12.8 Å². The van der Waals surface area contributed by atoms with Crippen LogP contribution in [-0.2, 0) is 9.53 Å². The molecule has 7 heteroatoms. The fraction of sp³-hybridized carbons (Fsp3) is 0.833. The number of methoxy groups -OCH3 is 1. The van der Waals surface area contributed by atoms with E-state index in [0.29, 0.717) is 38.1 Å². The van der Waals surface area contributed by atoms with E-state index >= 15 is 0 Å². The van der Waals surface area contributed by atoms with Crippen LogP contribution in [0.1, 0.15) is 32.1 Å². The maximum atomic E-state index is 11.4. The topological polar surface area (TPSA) is 101 Å². The number of hydrazine groups is 1. The maximum Gasteiger partial charge on any atom is 0.221 e. The number of nitrogens with two attached hydrogens (primary N) is 1. The first kappa shape index (κ1) is 15.7. The van der Waals surface area contributed by atoms with Gasteiger partial charge >= 0.3 is 0 Å². The Balaban J connectivity index is 2.18. The predicted molar refractivity (Wildman–Crippen MR) is 74.5 cm³/mol. The minimum absolute atomic E-state index is 0.0296. The molecule has 1 aliphatic carbocycles. The van der Waals surface area contributed by atoms with E-state index in [1.54, 1.807) is 7.11 Å². The molecule has 0 unspecified atom stereocenters. The van der Waals surface area contributed by atoms with Crippen LogP contribution in [0.25, 0.3) is 0 Å². The minimum atomic E-state index is -0.0296. The van der Waals surface area contributed by atoms with E-state index in [1.165, 1.54) is 12.8 Å². The first-order chi connectivity index (χ1) is 9.26. The summed E-state index contributed by atoms with van der Waals surface area (Å²) in [6.45, 7) is 1.47. The minimum Gasteiger partial charge on any atom is -0.383 e. The van der Waals surface area contributed by atoms with Crippen molar-refractivity contribution in [2.45, 2.75) is 38.1 Å². The molecular formula is C12H25N5O2. The zero-order valence-electron chi connectivity index (χ0n) is 11.6. The molecule has 1 saturated carbocycles. The number of rotatable bonds is 7. The van der Waals surface area contributed by atoms with E-state index in [9.17, 15) is 4.79 Å². The third-order valence-electron chi connectivity index (χ3n) is 3.07. The van der Waals surface area contributed by atoms with Crippen molar-refractivity contribution in [3.05, 3.63) is 0 Å². The second-order valence-electron chi connectivity index (χ2n) is 4.59. The Kier molecular flexibility index (Phi) is 7.92. The molecule has 110 valence electrons. The highest BCUT2D eigenvalue weighted by atomic mass is 16.5. The third-order valence-corrected chi connectivity index (χ3v) is 3.07. The summed E-state index contributed by atoms with van der Waals surface area (Å²) in [6.07, 6.45) is 5.15. The highest BCUT2D eigenvalue weighted by Crippen LogP contribution is 2.17. The second-order valence-corrected chi connectivity index (χ2v) is 4.59. The van der Waals surface area contributed by atoms with Gasteiger partial charge < -0.3 is 15.4 Å². The number of nitrogens with zero attached hydrogens (tertiary/aromatic N) is 1. The number of nitrogens with one attached hydrogen (secondary N) is 3. The average molecular weight is 271 g/mol. The average Bonchev–Trinajstić information content (AvgIpc) is 2.91. The smallest absolute Gasteiger partial charge is 0.221 e. The van der Waals surface area contributed by atoms with Crippen LogP contribution >= 0.6 is 0 Å². The number of hydrogen-bond acceptors (Lipinski definition) is 4. The summed E-state index contributed by atoms with van der Waals surface area (Å²) in [7, 11) is 1.60. The molecule has 0 saturated heterocycles. The van der Waals surface area contributed by atoms with Crippen molar-refractivity contribution in [1.82, 2.24) is 16.1 Å². The fourth-order valence-electron chi connectivity index (χ4n) is 2.05. The summed E-state index contributed by atoms with van der Waals surface area (Å²) in [5, 5.41) is 6.00. The quantitative estimate of drug-likeness (QED) is 0.164. The molecule has 0 spiro atoms. The predicted octanol–water partition coefficient (Wildman–Crippen LogP) is -0.509. The summed E-state index contributed by atoms with van der Waals surface area (Å²) < 4.78 is 4.85. The van der Waals surface area contributed by atoms with Crippen molar-refractivity contribution >= 4 is 11.9 Å². The standard InChI is InChI=1S/C12H25N5O2/c1-19-9-8-14-11(18)6-7-15-12(17-13)16-10-4-2-3-5-10/h10H,2-9,13H2,1H3,(H,14,18)(H2,15,16,17). The van der Waals surface area contributed by atoms with Crippen LogP contribution in [0.5, 0.6) is 0 Å². The van der Waals surface area contributed by atoms with Gasteiger partial charge in [-0.05, 0) is 12.8 Å². The summed E-state index contributed by atoms with van der Waals surface area (Å²) in [6, 6.07) is 0.449. The molecular weight excluding hydrogens is 246 g/mol. The molecule has 5 N–H and O–H groups in total. The molecule has 7 nitrogen and oxygen atoms in total. The molecule has 19 heavy (non-hydrogen) atoms. The Labute approximate surface area is 114 Å². The molecule has 0 bridgehead atoms. The van der Waals surface area contributed by atoms with Crippen LogP contribution in [0.2, 0.25) is 0 Å². The van der Waals surface area contributed by atoms with Crippen molar-refractivity contribution in [1.29, 1.82) is 0 Å².